The van der Waals surface area contributed by atoms with Gasteiger partial charge in [0, 0.05) is 5.56 Å². The second-order valence-corrected chi connectivity index (χ2v) is 7.68. The van der Waals surface area contributed by atoms with Gasteiger partial charge in [0.25, 0.3) is 0 Å². The lowest BCUT2D eigenvalue weighted by Gasteiger charge is -2.25. The van der Waals surface area contributed by atoms with Gasteiger partial charge in [-0.1, -0.05) is 25.1 Å². The summed E-state index contributed by atoms with van der Waals surface area (Å²) in [5.74, 6) is 0.612. The molecule has 150 valence electrons. The highest BCUT2D eigenvalue weighted by Crippen LogP contribution is 2.31. The van der Waals surface area contributed by atoms with Gasteiger partial charge < -0.3 is 4.74 Å². The van der Waals surface area contributed by atoms with E-state index in [9.17, 15) is 8.78 Å². The number of ether oxygens (including phenoxy) is 1. The first-order chi connectivity index (χ1) is 13.6. The number of benzene rings is 2. The van der Waals surface area contributed by atoms with Gasteiger partial charge in [0.05, 0.1) is 6.61 Å². The highest BCUT2D eigenvalue weighted by molar-refractivity contribution is 5.37. The summed E-state index contributed by atoms with van der Waals surface area (Å²) in [6.45, 7) is 4.62. The predicted octanol–water partition coefficient (Wildman–Crippen LogP) is 6.61. The number of hydrogen-bond donors (Lipinski definition) is 0. The second kappa shape index (κ2) is 9.86. The fourth-order valence-corrected chi connectivity index (χ4v) is 4.00. The molecule has 3 heteroatoms. The Morgan fingerprint density at radius 2 is 1.89 bits per heavy atom. The standard InChI is InChI=1S/C25H30F2O/c1-3-5-6-13-28-22-11-10-20-14-19(7-9-21(20)17-22)8-12-23-24(26)15-18(4-2)16-25(23)27/h3,5,10-11,15-17,19H,4,6-9,12-14H2,1-2H3. The van der Waals surface area contributed by atoms with E-state index < -0.39 is 11.6 Å². The lowest BCUT2D eigenvalue weighted by atomic mass is 9.81. The predicted molar refractivity (Wildman–Crippen MR) is 111 cm³/mol. The number of hydrogen-bond acceptors (Lipinski definition) is 1. The average molecular weight is 385 g/mol. The minimum absolute atomic E-state index is 0.243. The van der Waals surface area contributed by atoms with Crippen molar-refractivity contribution >= 4 is 0 Å². The summed E-state index contributed by atoms with van der Waals surface area (Å²) in [5.41, 5.74) is 3.66. The Morgan fingerprint density at radius 3 is 2.61 bits per heavy atom. The van der Waals surface area contributed by atoms with Gasteiger partial charge in [-0.15, -0.1) is 0 Å². The van der Waals surface area contributed by atoms with Crippen LogP contribution in [0.4, 0.5) is 8.78 Å². The molecule has 0 aromatic heterocycles. The normalized spacial score (nSPS) is 16.4. The van der Waals surface area contributed by atoms with Crippen molar-refractivity contribution in [2.24, 2.45) is 5.92 Å². The first kappa shape index (κ1) is 20.6. The topological polar surface area (TPSA) is 9.23 Å². The number of fused-ring (bicyclic) bond motifs is 1. The minimum Gasteiger partial charge on any atom is -0.493 e. The van der Waals surface area contributed by atoms with Gasteiger partial charge in [-0.25, -0.2) is 8.78 Å². The lowest BCUT2D eigenvalue weighted by molar-refractivity contribution is 0.323. The fraction of sp³-hybridized carbons (Fsp3) is 0.440. The van der Waals surface area contributed by atoms with Gasteiger partial charge in [-0.2, -0.15) is 0 Å². The highest BCUT2D eigenvalue weighted by Gasteiger charge is 2.20. The largest absolute Gasteiger partial charge is 0.493 e. The van der Waals surface area contributed by atoms with Crippen LogP contribution in [0.15, 0.2) is 42.5 Å². The van der Waals surface area contributed by atoms with Gasteiger partial charge in [-0.3, -0.25) is 0 Å². The van der Waals surface area contributed by atoms with E-state index in [0.29, 0.717) is 30.9 Å². The van der Waals surface area contributed by atoms with Crippen LogP contribution in [0.2, 0.25) is 0 Å². The maximum Gasteiger partial charge on any atom is 0.129 e. The molecule has 1 nitrogen and oxygen atoms in total. The molecule has 1 unspecified atom stereocenters. The zero-order valence-electron chi connectivity index (χ0n) is 16.9. The molecule has 2 aromatic carbocycles. The Balaban J connectivity index is 1.57. The fourth-order valence-electron chi connectivity index (χ4n) is 4.00. The molecule has 0 radical (unpaired) electrons. The Hall–Kier alpha value is -2.16. The van der Waals surface area contributed by atoms with Gasteiger partial charge in [-0.05, 0) is 98.7 Å². The molecule has 0 aliphatic heterocycles. The molecule has 3 rings (SSSR count). The van der Waals surface area contributed by atoms with Crippen molar-refractivity contribution in [2.75, 3.05) is 6.61 Å². The van der Waals surface area contributed by atoms with Crippen molar-refractivity contribution in [2.45, 2.75) is 58.8 Å². The zero-order chi connectivity index (χ0) is 19.9. The summed E-state index contributed by atoms with van der Waals surface area (Å²) >= 11 is 0. The van der Waals surface area contributed by atoms with Gasteiger partial charge in [0.1, 0.15) is 17.4 Å². The number of rotatable bonds is 8. The van der Waals surface area contributed by atoms with E-state index in [4.69, 9.17) is 4.74 Å². The zero-order valence-corrected chi connectivity index (χ0v) is 16.9. The molecular formula is C25H30F2O. The molecule has 0 saturated heterocycles. The Kier molecular flexibility index (Phi) is 7.24. The summed E-state index contributed by atoms with van der Waals surface area (Å²) in [6, 6.07) is 9.31. The van der Waals surface area contributed by atoms with Crippen LogP contribution in [0.1, 0.15) is 55.4 Å². The van der Waals surface area contributed by atoms with E-state index in [1.807, 2.05) is 26.0 Å². The first-order valence-corrected chi connectivity index (χ1v) is 10.4. The second-order valence-electron chi connectivity index (χ2n) is 7.68. The molecule has 1 atom stereocenters. The van der Waals surface area contributed by atoms with Crippen LogP contribution in [0.25, 0.3) is 0 Å². The maximum atomic E-state index is 14.2. The quantitative estimate of drug-likeness (QED) is 0.367. The van der Waals surface area contributed by atoms with E-state index in [2.05, 4.69) is 18.2 Å². The molecule has 0 fully saturated rings. The number of allylic oxidation sites excluding steroid dienone is 1. The molecule has 0 saturated carbocycles. The van der Waals surface area contributed by atoms with E-state index >= 15 is 0 Å². The van der Waals surface area contributed by atoms with Crippen LogP contribution in [0.3, 0.4) is 0 Å². The SMILES string of the molecule is CC=CCCOc1ccc2c(c1)CCC(CCc1c(F)cc(CC)cc1F)C2. The minimum atomic E-state index is -0.396. The van der Waals surface area contributed by atoms with Crippen LogP contribution in [0.5, 0.6) is 5.75 Å². The van der Waals surface area contributed by atoms with Crippen LogP contribution >= 0.6 is 0 Å². The van der Waals surface area contributed by atoms with E-state index in [0.717, 1.165) is 37.9 Å². The summed E-state index contributed by atoms with van der Waals surface area (Å²) in [5, 5.41) is 0. The van der Waals surface area contributed by atoms with Crippen LogP contribution in [-0.2, 0) is 25.7 Å². The molecule has 0 N–H and O–H groups in total. The summed E-state index contributed by atoms with van der Waals surface area (Å²) in [7, 11) is 0. The molecule has 0 bridgehead atoms. The third kappa shape index (κ3) is 5.21. The molecule has 0 spiro atoms. The number of aryl methyl sites for hydroxylation is 2. The summed E-state index contributed by atoms with van der Waals surface area (Å²) in [6.07, 6.45) is 10.0. The monoisotopic (exact) mass is 384 g/mol. The van der Waals surface area contributed by atoms with Crippen LogP contribution < -0.4 is 4.74 Å². The Labute approximate surface area is 167 Å². The molecule has 0 heterocycles. The highest BCUT2D eigenvalue weighted by atomic mass is 19.1. The van der Waals surface area contributed by atoms with Crippen LogP contribution in [-0.4, -0.2) is 6.61 Å². The molecular weight excluding hydrogens is 354 g/mol. The molecule has 28 heavy (non-hydrogen) atoms. The average Bonchev–Trinajstić information content (AvgIpc) is 2.70. The Bertz CT molecular complexity index is 802. The first-order valence-electron chi connectivity index (χ1n) is 10.4. The van der Waals surface area contributed by atoms with E-state index in [1.165, 1.54) is 23.3 Å². The third-order valence-electron chi connectivity index (χ3n) is 5.71. The molecule has 0 amide bonds. The van der Waals surface area contributed by atoms with Crippen molar-refractivity contribution in [3.8, 4) is 5.75 Å². The molecule has 1 aliphatic rings. The van der Waals surface area contributed by atoms with Crippen molar-refractivity contribution in [1.82, 2.24) is 0 Å². The maximum absolute atomic E-state index is 14.2. The molecule has 2 aromatic rings. The van der Waals surface area contributed by atoms with Gasteiger partial charge in [0.15, 0.2) is 0 Å². The number of halogens is 2. The van der Waals surface area contributed by atoms with Crippen LogP contribution in [0, 0.1) is 17.6 Å². The van der Waals surface area contributed by atoms with Gasteiger partial charge >= 0.3 is 0 Å². The van der Waals surface area contributed by atoms with Crippen molar-refractivity contribution in [3.05, 3.63) is 76.4 Å². The Morgan fingerprint density at radius 1 is 1.11 bits per heavy atom. The third-order valence-corrected chi connectivity index (χ3v) is 5.71. The van der Waals surface area contributed by atoms with Crippen molar-refractivity contribution in [3.63, 3.8) is 0 Å². The smallest absolute Gasteiger partial charge is 0.129 e. The van der Waals surface area contributed by atoms with E-state index in [1.54, 1.807) is 0 Å². The summed E-state index contributed by atoms with van der Waals surface area (Å²) in [4.78, 5) is 0. The van der Waals surface area contributed by atoms with Crippen molar-refractivity contribution in [1.29, 1.82) is 0 Å². The molecule has 1 aliphatic carbocycles. The lowest BCUT2D eigenvalue weighted by Crippen LogP contribution is -2.16. The van der Waals surface area contributed by atoms with E-state index in [-0.39, 0.29) is 5.56 Å². The summed E-state index contributed by atoms with van der Waals surface area (Å²) < 4.78 is 34.3. The van der Waals surface area contributed by atoms with Gasteiger partial charge in [0.2, 0.25) is 0 Å². The van der Waals surface area contributed by atoms with Crippen molar-refractivity contribution < 1.29 is 13.5 Å².